The fourth-order valence-electron chi connectivity index (χ4n) is 1.68. The monoisotopic (exact) mass is 277 g/mol. The van der Waals surface area contributed by atoms with Gasteiger partial charge in [-0.25, -0.2) is 4.98 Å². The molecule has 0 unspecified atom stereocenters. The summed E-state index contributed by atoms with van der Waals surface area (Å²) < 4.78 is 0.991. The highest BCUT2D eigenvalue weighted by atomic mass is 35.5. The number of aromatic nitrogens is 1. The molecule has 3 rings (SSSR count). The molecule has 5 heteroatoms. The number of hydrogen-bond acceptors (Lipinski definition) is 4. The van der Waals surface area contributed by atoms with Crippen molar-refractivity contribution in [2.45, 2.75) is 0 Å². The lowest BCUT2D eigenvalue weighted by Crippen LogP contribution is -1.76. The molecule has 1 aromatic heterocycles. The smallest absolute Gasteiger partial charge is 0.158 e. The van der Waals surface area contributed by atoms with Crippen molar-refractivity contribution in [2.24, 2.45) is 0 Å². The van der Waals surface area contributed by atoms with Crippen LogP contribution in [0.15, 0.2) is 36.4 Å². The normalized spacial score (nSPS) is 10.9. The van der Waals surface area contributed by atoms with Crippen LogP contribution in [0.3, 0.4) is 0 Å². The van der Waals surface area contributed by atoms with E-state index in [4.69, 9.17) is 11.6 Å². The van der Waals surface area contributed by atoms with Gasteiger partial charge in [0.2, 0.25) is 0 Å². The number of hydrogen-bond donors (Lipinski definition) is 2. The van der Waals surface area contributed by atoms with E-state index in [2.05, 4.69) is 4.98 Å². The van der Waals surface area contributed by atoms with Crippen LogP contribution in [0.4, 0.5) is 0 Å². The largest absolute Gasteiger partial charge is 0.504 e. The molecule has 0 fully saturated rings. The zero-order chi connectivity index (χ0) is 12.7. The summed E-state index contributed by atoms with van der Waals surface area (Å²) in [7, 11) is 0. The third-order valence-corrected chi connectivity index (χ3v) is 3.88. The van der Waals surface area contributed by atoms with Crippen molar-refractivity contribution in [3.05, 3.63) is 41.4 Å². The Morgan fingerprint density at radius 3 is 2.61 bits per heavy atom. The minimum absolute atomic E-state index is 0.136. The molecule has 2 aromatic carbocycles. The van der Waals surface area contributed by atoms with Gasteiger partial charge in [-0.15, -0.1) is 11.3 Å². The van der Waals surface area contributed by atoms with Gasteiger partial charge in [0, 0.05) is 10.6 Å². The van der Waals surface area contributed by atoms with E-state index < -0.39 is 0 Å². The van der Waals surface area contributed by atoms with Crippen LogP contribution >= 0.6 is 22.9 Å². The summed E-state index contributed by atoms with van der Waals surface area (Å²) in [5.41, 5.74) is 1.63. The van der Waals surface area contributed by atoms with E-state index >= 15 is 0 Å². The molecule has 18 heavy (non-hydrogen) atoms. The molecule has 0 bridgehead atoms. The lowest BCUT2D eigenvalue weighted by molar-refractivity contribution is 0.404. The van der Waals surface area contributed by atoms with Crippen LogP contribution in [0.25, 0.3) is 20.8 Å². The van der Waals surface area contributed by atoms with Crippen molar-refractivity contribution >= 4 is 33.2 Å². The lowest BCUT2D eigenvalue weighted by Gasteiger charge is -1.99. The Labute approximate surface area is 112 Å². The summed E-state index contributed by atoms with van der Waals surface area (Å²) in [5.74, 6) is -0.285. The summed E-state index contributed by atoms with van der Waals surface area (Å²) in [6, 6.07) is 10.2. The van der Waals surface area contributed by atoms with Gasteiger partial charge in [-0.05, 0) is 36.4 Å². The van der Waals surface area contributed by atoms with Gasteiger partial charge in [-0.3, -0.25) is 0 Å². The average molecular weight is 278 g/mol. The first-order chi connectivity index (χ1) is 8.63. The van der Waals surface area contributed by atoms with E-state index in [1.165, 1.54) is 23.5 Å². The van der Waals surface area contributed by atoms with Crippen LogP contribution in [0.5, 0.6) is 11.5 Å². The molecule has 0 saturated heterocycles. The molecule has 2 N–H and O–H groups in total. The fourth-order valence-corrected chi connectivity index (χ4v) is 2.92. The van der Waals surface area contributed by atoms with Crippen LogP contribution < -0.4 is 0 Å². The molecule has 0 aliphatic rings. The number of thiazole rings is 1. The number of phenolic OH excluding ortho intramolecular Hbond substituents is 2. The molecule has 3 aromatic rings. The maximum absolute atomic E-state index is 9.49. The predicted molar refractivity (Wildman–Crippen MR) is 73.4 cm³/mol. The molecule has 0 radical (unpaired) electrons. The molecule has 0 amide bonds. The van der Waals surface area contributed by atoms with Crippen LogP contribution in [0, 0.1) is 0 Å². The minimum Gasteiger partial charge on any atom is -0.504 e. The van der Waals surface area contributed by atoms with Crippen LogP contribution in [0.1, 0.15) is 0 Å². The first-order valence-corrected chi connectivity index (χ1v) is 6.41. The van der Waals surface area contributed by atoms with E-state index in [1.54, 1.807) is 12.1 Å². The highest BCUT2D eigenvalue weighted by Crippen LogP contribution is 2.35. The SMILES string of the molecule is Oc1ccc(-c2nc3ccc(Cl)cc3s2)cc1O. The maximum Gasteiger partial charge on any atom is 0.158 e. The minimum atomic E-state index is -0.148. The van der Waals surface area contributed by atoms with Gasteiger partial charge in [-0.2, -0.15) is 0 Å². The summed E-state index contributed by atoms with van der Waals surface area (Å²) in [5, 5.41) is 20.2. The van der Waals surface area contributed by atoms with E-state index in [-0.39, 0.29) is 11.5 Å². The van der Waals surface area contributed by atoms with Crippen LogP contribution in [0.2, 0.25) is 5.02 Å². The predicted octanol–water partition coefficient (Wildman–Crippen LogP) is 4.03. The summed E-state index contributed by atoms with van der Waals surface area (Å²) in [6.45, 7) is 0. The maximum atomic E-state index is 9.49. The Hall–Kier alpha value is -1.78. The van der Waals surface area contributed by atoms with Crippen molar-refractivity contribution in [1.82, 2.24) is 4.98 Å². The number of aromatic hydroxyl groups is 2. The van der Waals surface area contributed by atoms with Gasteiger partial charge in [-0.1, -0.05) is 11.6 Å². The second kappa shape index (κ2) is 4.15. The fraction of sp³-hybridized carbons (Fsp3) is 0. The lowest BCUT2D eigenvalue weighted by atomic mass is 10.2. The average Bonchev–Trinajstić information content (AvgIpc) is 2.75. The molecule has 0 spiro atoms. The number of nitrogens with zero attached hydrogens (tertiary/aromatic N) is 1. The Kier molecular flexibility index (Phi) is 2.61. The topological polar surface area (TPSA) is 53.4 Å². The molecular weight excluding hydrogens is 270 g/mol. The first kappa shape index (κ1) is 11.3. The summed E-state index contributed by atoms with van der Waals surface area (Å²) in [4.78, 5) is 4.46. The number of rotatable bonds is 1. The van der Waals surface area contributed by atoms with Gasteiger partial charge < -0.3 is 10.2 Å². The van der Waals surface area contributed by atoms with Crippen molar-refractivity contribution in [3.63, 3.8) is 0 Å². The van der Waals surface area contributed by atoms with Gasteiger partial charge >= 0.3 is 0 Å². The zero-order valence-corrected chi connectivity index (χ0v) is 10.7. The number of fused-ring (bicyclic) bond motifs is 1. The van der Waals surface area contributed by atoms with Gasteiger partial charge in [0.05, 0.1) is 10.2 Å². The van der Waals surface area contributed by atoms with Crippen molar-refractivity contribution in [2.75, 3.05) is 0 Å². The Morgan fingerprint density at radius 1 is 1.00 bits per heavy atom. The quantitative estimate of drug-likeness (QED) is 0.660. The molecular formula is C13H8ClNO2S. The highest BCUT2D eigenvalue weighted by molar-refractivity contribution is 7.21. The van der Waals surface area contributed by atoms with E-state index in [0.717, 1.165) is 20.8 Å². The molecule has 3 nitrogen and oxygen atoms in total. The Balaban J connectivity index is 2.16. The van der Waals surface area contributed by atoms with E-state index in [0.29, 0.717) is 5.02 Å². The first-order valence-electron chi connectivity index (χ1n) is 5.22. The van der Waals surface area contributed by atoms with Crippen molar-refractivity contribution in [3.8, 4) is 22.1 Å². The number of halogens is 1. The Bertz CT molecular complexity index is 739. The summed E-state index contributed by atoms with van der Waals surface area (Å²) in [6.07, 6.45) is 0. The van der Waals surface area contributed by atoms with Crippen LogP contribution in [-0.4, -0.2) is 15.2 Å². The molecule has 0 saturated carbocycles. The molecule has 90 valence electrons. The third kappa shape index (κ3) is 1.89. The molecule has 0 aliphatic heterocycles. The standard InChI is InChI=1S/C13H8ClNO2S/c14-8-2-3-9-12(6-8)18-13(15-9)7-1-4-10(16)11(17)5-7/h1-6,16-17H. The van der Waals surface area contributed by atoms with Crippen molar-refractivity contribution in [1.29, 1.82) is 0 Å². The molecule has 0 atom stereocenters. The second-order valence-electron chi connectivity index (χ2n) is 3.83. The van der Waals surface area contributed by atoms with Crippen molar-refractivity contribution < 1.29 is 10.2 Å². The molecule has 1 heterocycles. The van der Waals surface area contributed by atoms with E-state index in [9.17, 15) is 10.2 Å². The zero-order valence-electron chi connectivity index (χ0n) is 9.09. The van der Waals surface area contributed by atoms with Gasteiger partial charge in [0.25, 0.3) is 0 Å². The highest BCUT2D eigenvalue weighted by Gasteiger charge is 2.08. The van der Waals surface area contributed by atoms with Crippen LogP contribution in [-0.2, 0) is 0 Å². The number of benzene rings is 2. The second-order valence-corrected chi connectivity index (χ2v) is 5.30. The number of phenols is 2. The molecule has 0 aliphatic carbocycles. The van der Waals surface area contributed by atoms with Gasteiger partial charge in [0.15, 0.2) is 11.5 Å². The Morgan fingerprint density at radius 2 is 1.83 bits per heavy atom. The van der Waals surface area contributed by atoms with Gasteiger partial charge in [0.1, 0.15) is 5.01 Å². The van der Waals surface area contributed by atoms with E-state index in [1.807, 2.05) is 12.1 Å². The summed E-state index contributed by atoms with van der Waals surface area (Å²) >= 11 is 7.42. The third-order valence-electron chi connectivity index (χ3n) is 2.57.